The average molecular weight is 420 g/mol. The van der Waals surface area contributed by atoms with Crippen LogP contribution in [0.4, 0.5) is 0 Å². The molecule has 3 aromatic carbocycles. The first-order valence-corrected chi connectivity index (χ1v) is 11.6. The molecule has 0 bridgehead atoms. The molecule has 31 heavy (non-hydrogen) atoms. The third kappa shape index (κ3) is 9.50. The molecule has 0 aliphatic heterocycles. The van der Waals surface area contributed by atoms with Crippen molar-refractivity contribution in [3.63, 3.8) is 0 Å². The smallest absolute Gasteiger partial charge is 0.0453 e. The van der Waals surface area contributed by atoms with Crippen molar-refractivity contribution in [3.8, 4) is 0 Å². The monoisotopic (exact) mass is 419 g/mol. The second-order valence-corrected chi connectivity index (χ2v) is 7.29. The van der Waals surface area contributed by atoms with Gasteiger partial charge in [0.2, 0.25) is 0 Å². The van der Waals surface area contributed by atoms with E-state index in [1.165, 1.54) is 0 Å². The molecule has 168 valence electrons. The van der Waals surface area contributed by atoms with E-state index in [-0.39, 0.29) is 0 Å². The lowest BCUT2D eigenvalue weighted by atomic mass is 9.81. The maximum Gasteiger partial charge on any atom is 0.0453 e. The molecule has 2 N–H and O–H groups in total. The van der Waals surface area contributed by atoms with Crippen LogP contribution in [-0.4, -0.2) is 26.2 Å². The van der Waals surface area contributed by atoms with Crippen LogP contribution in [0.2, 0.25) is 0 Å². The molecule has 3 rings (SSSR count). The van der Waals surface area contributed by atoms with Gasteiger partial charge in [0.1, 0.15) is 0 Å². The van der Waals surface area contributed by atoms with Crippen LogP contribution in [0.3, 0.4) is 0 Å². The lowest BCUT2D eigenvalue weighted by Crippen LogP contribution is -2.09. The van der Waals surface area contributed by atoms with E-state index in [1.807, 2.05) is 54.6 Å². The number of rotatable bonds is 7. The molecule has 0 amide bonds. The van der Waals surface area contributed by atoms with Gasteiger partial charge in [-0.3, -0.25) is 0 Å². The van der Waals surface area contributed by atoms with E-state index in [2.05, 4.69) is 76.4 Å². The molecule has 0 saturated heterocycles. The zero-order chi connectivity index (χ0) is 23.8. The molecule has 2 nitrogen and oxygen atoms in total. The lowest BCUT2D eigenvalue weighted by molar-refractivity contribution is 0.762. The summed E-state index contributed by atoms with van der Waals surface area (Å²) in [5.74, 6) is -0.891. The van der Waals surface area contributed by atoms with Gasteiger partial charge in [0.25, 0.3) is 0 Å². The fourth-order valence-electron chi connectivity index (χ4n) is 3.27. The summed E-state index contributed by atoms with van der Waals surface area (Å²) in [6.45, 7) is 16.9. The Balaban J connectivity index is 0.000000431. The van der Waals surface area contributed by atoms with Crippen molar-refractivity contribution in [2.24, 2.45) is 0 Å². The first-order chi connectivity index (χ1) is 15.5. The molecule has 0 atom stereocenters. The van der Waals surface area contributed by atoms with Crippen LogP contribution in [0, 0.1) is 13.8 Å². The molecule has 0 radical (unpaired) electrons. The Kier molecular flexibility index (Phi) is 13.1. The number of hydrogen-bond donors (Lipinski definition) is 2. The number of benzene rings is 3. The Bertz CT molecular complexity index is 822. The summed E-state index contributed by atoms with van der Waals surface area (Å²) < 4.78 is 9.43. The van der Waals surface area contributed by atoms with Gasteiger partial charge in [0, 0.05) is 7.26 Å². The molecule has 0 aliphatic carbocycles. The van der Waals surface area contributed by atoms with Crippen molar-refractivity contribution in [1.82, 2.24) is 10.6 Å². The number of nitrogens with one attached hydrogen (secondary N) is 2. The highest BCUT2D eigenvalue weighted by molar-refractivity contribution is 5.48. The Morgan fingerprint density at radius 3 is 1.26 bits per heavy atom. The molecule has 0 spiro atoms. The highest BCUT2D eigenvalue weighted by Gasteiger charge is 2.19. The lowest BCUT2D eigenvalue weighted by Gasteiger charge is -2.22. The van der Waals surface area contributed by atoms with Gasteiger partial charge < -0.3 is 10.6 Å². The molecule has 3 aromatic rings. The van der Waals surface area contributed by atoms with E-state index in [4.69, 9.17) is 0 Å². The normalized spacial score (nSPS) is 10.8. The van der Waals surface area contributed by atoms with Gasteiger partial charge in [-0.2, -0.15) is 0 Å². The van der Waals surface area contributed by atoms with Crippen molar-refractivity contribution in [2.75, 3.05) is 26.2 Å². The molecule has 0 heterocycles. The Hall–Kier alpha value is -2.42. The van der Waals surface area contributed by atoms with Crippen molar-refractivity contribution in [1.29, 1.82) is 0 Å². The largest absolute Gasteiger partial charge is 0.317 e. The summed E-state index contributed by atoms with van der Waals surface area (Å²) in [6.07, 6.45) is 0. The van der Waals surface area contributed by atoms with Crippen molar-refractivity contribution < 1.29 is 1.37 Å². The van der Waals surface area contributed by atoms with Crippen LogP contribution in [0.1, 0.15) is 62.8 Å². The van der Waals surface area contributed by atoms with Crippen LogP contribution < -0.4 is 10.6 Å². The fourth-order valence-corrected chi connectivity index (χ4v) is 3.27. The minimum absolute atomic E-state index is 0.891. The fraction of sp³-hybridized carbons (Fsp3) is 0.379. The quantitative estimate of drug-likeness (QED) is 0.416. The summed E-state index contributed by atoms with van der Waals surface area (Å²) >= 11 is 0. The summed E-state index contributed by atoms with van der Waals surface area (Å²) in [4.78, 5) is 0. The minimum Gasteiger partial charge on any atom is -0.317 e. The maximum atomic E-state index is 9.43. The first-order valence-electron chi connectivity index (χ1n) is 12.1. The van der Waals surface area contributed by atoms with Crippen molar-refractivity contribution in [3.05, 3.63) is 107 Å². The van der Waals surface area contributed by atoms with Gasteiger partial charge in [-0.05, 0) is 67.8 Å². The van der Waals surface area contributed by atoms with Crippen molar-refractivity contribution in [2.45, 2.75) is 47.4 Å². The second kappa shape index (κ2) is 16.3. The zero-order valence-corrected chi connectivity index (χ0v) is 20.3. The molecular formula is C29H42N2. The number of aryl methyl sites for hydroxylation is 2. The van der Waals surface area contributed by atoms with E-state index in [0.29, 0.717) is 0 Å². The first kappa shape index (κ1) is 24.8. The highest BCUT2D eigenvalue weighted by Crippen LogP contribution is 2.35. The van der Waals surface area contributed by atoms with Crippen LogP contribution in [0.15, 0.2) is 78.9 Å². The molecule has 0 saturated carbocycles. The zero-order valence-electron chi connectivity index (χ0n) is 21.3. The van der Waals surface area contributed by atoms with Gasteiger partial charge in [0.05, 0.1) is 0 Å². The van der Waals surface area contributed by atoms with E-state index in [9.17, 15) is 1.37 Å². The minimum atomic E-state index is -0.891. The van der Waals surface area contributed by atoms with Gasteiger partial charge in [-0.25, -0.2) is 0 Å². The van der Waals surface area contributed by atoms with E-state index in [0.717, 1.165) is 54.0 Å². The Labute approximate surface area is 192 Å². The predicted octanol–water partition coefficient (Wildman–Crippen LogP) is 6.72. The SMILES string of the molecule is CCNCC.CCNCC.[2H]C(c1ccccc1)(c1ccccc1C)c1ccccc1C. The summed E-state index contributed by atoms with van der Waals surface area (Å²) in [5, 5.41) is 6.22. The summed E-state index contributed by atoms with van der Waals surface area (Å²) in [6, 6.07) is 26.5. The van der Waals surface area contributed by atoms with Crippen LogP contribution in [0.25, 0.3) is 0 Å². The molecule has 0 unspecified atom stereocenters. The van der Waals surface area contributed by atoms with Gasteiger partial charge in [-0.1, -0.05) is 107 Å². The van der Waals surface area contributed by atoms with Gasteiger partial charge >= 0.3 is 0 Å². The molecule has 0 aromatic heterocycles. The highest BCUT2D eigenvalue weighted by atomic mass is 14.8. The molecular weight excluding hydrogens is 376 g/mol. The van der Waals surface area contributed by atoms with Crippen LogP contribution in [0.5, 0.6) is 0 Å². The maximum absolute atomic E-state index is 9.43. The third-order valence-corrected chi connectivity index (χ3v) is 4.89. The number of hydrogen-bond acceptors (Lipinski definition) is 2. The van der Waals surface area contributed by atoms with Gasteiger partial charge in [0.15, 0.2) is 0 Å². The van der Waals surface area contributed by atoms with Gasteiger partial charge in [-0.15, -0.1) is 0 Å². The summed E-state index contributed by atoms with van der Waals surface area (Å²) in [7, 11) is 0. The second-order valence-electron chi connectivity index (χ2n) is 7.29. The molecule has 2 heteroatoms. The average Bonchev–Trinajstić information content (AvgIpc) is 2.82. The van der Waals surface area contributed by atoms with Crippen LogP contribution >= 0.6 is 0 Å². The molecule has 0 aliphatic rings. The molecule has 0 fully saturated rings. The Morgan fingerprint density at radius 1 is 0.581 bits per heavy atom. The predicted molar refractivity (Wildman–Crippen MR) is 138 cm³/mol. The standard InChI is InChI=1S/C21H20.2C4H11N/c1-16-10-6-8-14-19(16)21(18-12-4-3-5-13-18)20-15-9-7-11-17(20)2;2*1-3-5-4-2/h3-15,21H,1-2H3;2*5H,3-4H2,1-2H3/i21D;;. The Morgan fingerprint density at radius 2 is 0.935 bits per heavy atom. The topological polar surface area (TPSA) is 24.1 Å². The van der Waals surface area contributed by atoms with E-state index in [1.54, 1.807) is 0 Å². The van der Waals surface area contributed by atoms with E-state index < -0.39 is 5.89 Å². The third-order valence-electron chi connectivity index (χ3n) is 4.89. The van der Waals surface area contributed by atoms with E-state index >= 15 is 0 Å². The summed E-state index contributed by atoms with van der Waals surface area (Å²) in [5.41, 5.74) is 5.36. The van der Waals surface area contributed by atoms with Crippen molar-refractivity contribution >= 4 is 0 Å². The van der Waals surface area contributed by atoms with Crippen LogP contribution in [-0.2, 0) is 0 Å².